The van der Waals surface area contributed by atoms with Crippen molar-refractivity contribution in [1.82, 2.24) is 0 Å². The molecule has 0 atom stereocenters. The molecule has 2 nitrogen and oxygen atoms in total. The van der Waals surface area contributed by atoms with Gasteiger partial charge in [0.2, 0.25) is 0 Å². The van der Waals surface area contributed by atoms with E-state index in [0.717, 1.165) is 21.9 Å². The van der Waals surface area contributed by atoms with Crippen molar-refractivity contribution in [3.8, 4) is 5.75 Å². The summed E-state index contributed by atoms with van der Waals surface area (Å²) in [6, 6.07) is 9.70. The molecule has 0 fully saturated rings. The molecule has 2 aromatic rings. The Balaban J connectivity index is 2.12. The molecule has 0 bridgehead atoms. The number of halogens is 2. The highest BCUT2D eigenvalue weighted by Gasteiger charge is 2.05. The largest absolute Gasteiger partial charge is 0.488 e. The first-order valence-corrected chi connectivity index (χ1v) is 6.52. The van der Waals surface area contributed by atoms with Gasteiger partial charge in [0.25, 0.3) is 0 Å². The van der Waals surface area contributed by atoms with Crippen LogP contribution in [0.4, 0.5) is 4.39 Å². The molecule has 4 heteroatoms. The molecule has 0 aliphatic rings. The molecular weight excluding hydrogens is 311 g/mol. The summed E-state index contributed by atoms with van der Waals surface area (Å²) in [5.74, 6) is 0.395. The lowest BCUT2D eigenvalue weighted by atomic mass is 10.1. The zero-order chi connectivity index (χ0) is 13.8. The normalized spacial score (nSPS) is 10.3. The minimum Gasteiger partial charge on any atom is -0.488 e. The minimum absolute atomic E-state index is 0.252. The topological polar surface area (TPSA) is 26.3 Å². The van der Waals surface area contributed by atoms with Crippen molar-refractivity contribution >= 4 is 22.2 Å². The first-order valence-electron chi connectivity index (χ1n) is 5.72. The summed E-state index contributed by atoms with van der Waals surface area (Å²) in [6.07, 6.45) is 0.776. The van der Waals surface area contributed by atoms with Crippen molar-refractivity contribution in [2.24, 2.45) is 0 Å². The van der Waals surface area contributed by atoms with E-state index >= 15 is 0 Å². The first-order chi connectivity index (χ1) is 9.10. The summed E-state index contributed by atoms with van der Waals surface area (Å²) >= 11 is 3.35. The van der Waals surface area contributed by atoms with E-state index in [2.05, 4.69) is 15.9 Å². The highest BCUT2D eigenvalue weighted by molar-refractivity contribution is 9.10. The van der Waals surface area contributed by atoms with Gasteiger partial charge in [-0.3, -0.25) is 4.79 Å². The second-order valence-electron chi connectivity index (χ2n) is 4.17. The van der Waals surface area contributed by atoms with Crippen LogP contribution in [0, 0.1) is 12.7 Å². The third-order valence-corrected chi connectivity index (χ3v) is 3.40. The van der Waals surface area contributed by atoms with Crippen LogP contribution in [0.5, 0.6) is 5.75 Å². The smallest absolute Gasteiger partial charge is 0.150 e. The highest BCUT2D eigenvalue weighted by Crippen LogP contribution is 2.26. The number of carbonyl (C=O) groups excluding carboxylic acids is 1. The van der Waals surface area contributed by atoms with E-state index in [9.17, 15) is 9.18 Å². The molecule has 19 heavy (non-hydrogen) atoms. The van der Waals surface area contributed by atoms with Gasteiger partial charge in [-0.25, -0.2) is 4.39 Å². The first kappa shape index (κ1) is 13.7. The summed E-state index contributed by atoms with van der Waals surface area (Å²) < 4.78 is 19.4. The van der Waals surface area contributed by atoms with Gasteiger partial charge in [-0.1, -0.05) is 6.07 Å². The fraction of sp³-hybridized carbons (Fsp3) is 0.133. The van der Waals surface area contributed by atoms with Crippen molar-refractivity contribution in [3.63, 3.8) is 0 Å². The number of benzene rings is 2. The third kappa shape index (κ3) is 3.41. The fourth-order valence-electron chi connectivity index (χ4n) is 1.68. The van der Waals surface area contributed by atoms with Gasteiger partial charge in [0.1, 0.15) is 24.5 Å². The number of aryl methyl sites for hydroxylation is 1. The molecule has 0 aromatic heterocycles. The van der Waals surface area contributed by atoms with E-state index in [1.54, 1.807) is 24.3 Å². The molecule has 0 aliphatic carbocycles. The van der Waals surface area contributed by atoms with E-state index in [1.807, 2.05) is 6.92 Å². The molecule has 0 aliphatic heterocycles. The van der Waals surface area contributed by atoms with Gasteiger partial charge in [0.15, 0.2) is 0 Å². The Morgan fingerprint density at radius 2 is 2.05 bits per heavy atom. The molecule has 0 saturated heterocycles. The number of rotatable bonds is 4. The quantitative estimate of drug-likeness (QED) is 0.785. The molecular formula is C15H12BrFO2. The molecule has 0 N–H and O–H groups in total. The molecule has 98 valence electrons. The van der Waals surface area contributed by atoms with Gasteiger partial charge in [-0.15, -0.1) is 0 Å². The van der Waals surface area contributed by atoms with Crippen LogP contribution in [-0.2, 0) is 6.61 Å². The second-order valence-corrected chi connectivity index (χ2v) is 5.02. The van der Waals surface area contributed by atoms with E-state index in [4.69, 9.17) is 4.74 Å². The predicted octanol–water partition coefficient (Wildman–Crippen LogP) is 4.29. The molecule has 2 rings (SSSR count). The van der Waals surface area contributed by atoms with E-state index in [1.165, 1.54) is 12.1 Å². The maximum atomic E-state index is 13.0. The van der Waals surface area contributed by atoms with Crippen molar-refractivity contribution in [2.45, 2.75) is 13.5 Å². The Kier molecular flexibility index (Phi) is 4.32. The van der Waals surface area contributed by atoms with Crippen LogP contribution in [-0.4, -0.2) is 6.29 Å². The van der Waals surface area contributed by atoms with Crippen molar-refractivity contribution in [1.29, 1.82) is 0 Å². The monoisotopic (exact) mass is 322 g/mol. The van der Waals surface area contributed by atoms with E-state index in [-0.39, 0.29) is 5.82 Å². The molecule has 0 unspecified atom stereocenters. The summed E-state index contributed by atoms with van der Waals surface area (Å²) in [5, 5.41) is 0. The van der Waals surface area contributed by atoms with Crippen LogP contribution in [0.25, 0.3) is 0 Å². The Morgan fingerprint density at radius 3 is 2.68 bits per heavy atom. The number of aldehydes is 1. The second kappa shape index (κ2) is 5.97. The molecule has 0 amide bonds. The average molecular weight is 323 g/mol. The number of carbonyl (C=O) groups is 1. The van der Waals surface area contributed by atoms with Gasteiger partial charge in [-0.05, 0) is 64.3 Å². The minimum atomic E-state index is -0.252. The summed E-state index contributed by atoms with van der Waals surface area (Å²) in [4.78, 5) is 10.6. The molecule has 0 spiro atoms. The van der Waals surface area contributed by atoms with Crippen LogP contribution in [0.2, 0.25) is 0 Å². The van der Waals surface area contributed by atoms with Crippen LogP contribution >= 0.6 is 15.9 Å². The summed E-state index contributed by atoms with van der Waals surface area (Å²) in [5.41, 5.74) is 2.35. The third-order valence-electron chi connectivity index (χ3n) is 2.78. The van der Waals surface area contributed by atoms with Crippen molar-refractivity contribution in [3.05, 3.63) is 63.4 Å². The summed E-state index contributed by atoms with van der Waals surface area (Å²) in [6.45, 7) is 2.19. The Hall–Kier alpha value is -1.68. The molecule has 0 radical (unpaired) electrons. The van der Waals surface area contributed by atoms with Crippen LogP contribution in [0.15, 0.2) is 40.9 Å². The van der Waals surface area contributed by atoms with Gasteiger partial charge < -0.3 is 4.74 Å². The van der Waals surface area contributed by atoms with Gasteiger partial charge >= 0.3 is 0 Å². The number of ether oxygens (including phenoxy) is 1. The van der Waals surface area contributed by atoms with Gasteiger partial charge in [0, 0.05) is 5.56 Å². The molecule has 0 saturated carbocycles. The Bertz CT molecular complexity index is 611. The Morgan fingerprint density at radius 1 is 1.26 bits per heavy atom. The highest BCUT2D eigenvalue weighted by atomic mass is 79.9. The van der Waals surface area contributed by atoms with Crippen molar-refractivity contribution in [2.75, 3.05) is 0 Å². The average Bonchev–Trinajstić information content (AvgIpc) is 2.39. The SMILES string of the molecule is Cc1cc(F)ccc1COc1ccc(C=O)cc1Br. The lowest BCUT2D eigenvalue weighted by molar-refractivity contribution is 0.112. The maximum absolute atomic E-state index is 13.0. The lowest BCUT2D eigenvalue weighted by Crippen LogP contribution is -1.99. The summed E-state index contributed by atoms with van der Waals surface area (Å²) in [7, 11) is 0. The molecule has 2 aromatic carbocycles. The Labute approximate surface area is 119 Å². The van der Waals surface area contributed by atoms with Crippen molar-refractivity contribution < 1.29 is 13.9 Å². The van der Waals surface area contributed by atoms with E-state index < -0.39 is 0 Å². The lowest BCUT2D eigenvalue weighted by Gasteiger charge is -2.10. The molecule has 0 heterocycles. The van der Waals surface area contributed by atoms with Crippen LogP contribution in [0.1, 0.15) is 21.5 Å². The zero-order valence-corrected chi connectivity index (χ0v) is 11.9. The zero-order valence-electron chi connectivity index (χ0n) is 10.3. The number of hydrogen-bond donors (Lipinski definition) is 0. The fourth-order valence-corrected chi connectivity index (χ4v) is 2.20. The predicted molar refractivity (Wildman–Crippen MR) is 75.0 cm³/mol. The van der Waals surface area contributed by atoms with Gasteiger partial charge in [-0.2, -0.15) is 0 Å². The number of hydrogen-bond acceptors (Lipinski definition) is 2. The van der Waals surface area contributed by atoms with Crippen LogP contribution in [0.3, 0.4) is 0 Å². The maximum Gasteiger partial charge on any atom is 0.150 e. The van der Waals surface area contributed by atoms with Gasteiger partial charge in [0.05, 0.1) is 4.47 Å². The van der Waals surface area contributed by atoms with Crippen LogP contribution < -0.4 is 4.74 Å². The standard InChI is InChI=1S/C15H12BrFO2/c1-10-6-13(17)4-3-12(10)9-19-15-5-2-11(8-18)7-14(15)16/h2-8H,9H2,1H3. The van der Waals surface area contributed by atoms with E-state index in [0.29, 0.717) is 17.9 Å².